The molecule has 19 heavy (non-hydrogen) atoms. The number of aliphatic hydroxyl groups is 1. The summed E-state index contributed by atoms with van der Waals surface area (Å²) >= 11 is 0. The monoisotopic (exact) mass is 272 g/mol. The first kappa shape index (κ1) is 15.4. The van der Waals surface area contributed by atoms with Crippen LogP contribution < -0.4 is 5.32 Å². The van der Waals surface area contributed by atoms with Crippen molar-refractivity contribution in [3.63, 3.8) is 0 Å². The molecule has 0 aliphatic carbocycles. The summed E-state index contributed by atoms with van der Waals surface area (Å²) in [6, 6.07) is 2.18. The number of halogens is 2. The van der Waals surface area contributed by atoms with E-state index in [1.807, 2.05) is 0 Å². The third-order valence-electron chi connectivity index (χ3n) is 2.65. The van der Waals surface area contributed by atoms with Crippen LogP contribution in [0.5, 0.6) is 0 Å². The van der Waals surface area contributed by atoms with Gasteiger partial charge in [-0.1, -0.05) is 6.07 Å². The molecular weight excluding hydrogens is 254 g/mol. The lowest BCUT2D eigenvalue weighted by molar-refractivity contribution is 0.142. The SMILES string of the molecule is CC(O)CN(C)C(=O)NC(C)c1ccc(F)cc1F. The quantitative estimate of drug-likeness (QED) is 0.881. The minimum atomic E-state index is -0.703. The minimum absolute atomic E-state index is 0.171. The lowest BCUT2D eigenvalue weighted by Gasteiger charge is -2.22. The standard InChI is InChI=1S/C13H18F2N2O2/c1-8(18)7-17(3)13(19)16-9(2)11-5-4-10(14)6-12(11)15/h4-6,8-9,18H,7H2,1-3H3,(H,16,19). The molecule has 0 radical (unpaired) electrons. The molecule has 1 aromatic rings. The van der Waals surface area contributed by atoms with Crippen molar-refractivity contribution in [3.05, 3.63) is 35.4 Å². The van der Waals surface area contributed by atoms with Gasteiger partial charge in [0, 0.05) is 25.2 Å². The van der Waals surface area contributed by atoms with Gasteiger partial charge >= 0.3 is 6.03 Å². The van der Waals surface area contributed by atoms with Crippen molar-refractivity contribution in [1.29, 1.82) is 0 Å². The number of hydrogen-bond donors (Lipinski definition) is 2. The number of carbonyl (C=O) groups is 1. The molecule has 0 saturated carbocycles. The van der Waals surface area contributed by atoms with E-state index in [4.69, 9.17) is 0 Å². The first-order valence-electron chi connectivity index (χ1n) is 5.96. The molecule has 0 saturated heterocycles. The molecule has 1 rings (SSSR count). The van der Waals surface area contributed by atoms with Crippen LogP contribution >= 0.6 is 0 Å². The van der Waals surface area contributed by atoms with Crippen molar-refractivity contribution >= 4 is 6.03 Å². The van der Waals surface area contributed by atoms with Crippen molar-refractivity contribution in [2.24, 2.45) is 0 Å². The van der Waals surface area contributed by atoms with Gasteiger partial charge in [-0.2, -0.15) is 0 Å². The van der Waals surface area contributed by atoms with Gasteiger partial charge in [0.25, 0.3) is 0 Å². The fourth-order valence-corrected chi connectivity index (χ4v) is 1.71. The molecule has 0 spiro atoms. The highest BCUT2D eigenvalue weighted by atomic mass is 19.1. The summed E-state index contributed by atoms with van der Waals surface area (Å²) in [6.07, 6.45) is -0.645. The van der Waals surface area contributed by atoms with E-state index in [0.29, 0.717) is 0 Å². The molecule has 4 nitrogen and oxygen atoms in total. The van der Waals surface area contributed by atoms with E-state index in [9.17, 15) is 18.7 Å². The third-order valence-corrected chi connectivity index (χ3v) is 2.65. The number of aliphatic hydroxyl groups excluding tert-OH is 1. The Hall–Kier alpha value is -1.69. The molecule has 0 aliphatic rings. The maximum Gasteiger partial charge on any atom is 0.317 e. The van der Waals surface area contributed by atoms with Crippen molar-refractivity contribution in [3.8, 4) is 0 Å². The Balaban J connectivity index is 2.68. The van der Waals surface area contributed by atoms with Gasteiger partial charge in [-0.3, -0.25) is 0 Å². The molecule has 0 heterocycles. The minimum Gasteiger partial charge on any atom is -0.392 e. The van der Waals surface area contributed by atoms with Crippen LogP contribution in [0.3, 0.4) is 0 Å². The summed E-state index contributed by atoms with van der Waals surface area (Å²) in [4.78, 5) is 13.0. The number of urea groups is 1. The van der Waals surface area contributed by atoms with E-state index >= 15 is 0 Å². The Morgan fingerprint density at radius 1 is 1.42 bits per heavy atom. The maximum absolute atomic E-state index is 13.5. The molecule has 1 aromatic carbocycles. The van der Waals surface area contributed by atoms with Gasteiger partial charge in [0.2, 0.25) is 0 Å². The zero-order valence-corrected chi connectivity index (χ0v) is 11.2. The highest BCUT2D eigenvalue weighted by molar-refractivity contribution is 5.74. The molecule has 6 heteroatoms. The lowest BCUT2D eigenvalue weighted by Crippen LogP contribution is -2.41. The van der Waals surface area contributed by atoms with Crippen molar-refractivity contribution in [2.75, 3.05) is 13.6 Å². The number of benzene rings is 1. The molecule has 2 N–H and O–H groups in total. The summed E-state index contributed by atoms with van der Waals surface area (Å²) in [5.41, 5.74) is 0.209. The van der Waals surface area contributed by atoms with Gasteiger partial charge in [0.1, 0.15) is 11.6 Å². The summed E-state index contributed by atoms with van der Waals surface area (Å²) < 4.78 is 26.3. The second-order valence-electron chi connectivity index (χ2n) is 4.57. The number of rotatable bonds is 4. The van der Waals surface area contributed by atoms with Crippen LogP contribution in [0.15, 0.2) is 18.2 Å². The average Bonchev–Trinajstić information content (AvgIpc) is 2.27. The Bertz CT molecular complexity index is 452. The van der Waals surface area contributed by atoms with Crippen LogP contribution in [-0.2, 0) is 0 Å². The number of hydrogen-bond acceptors (Lipinski definition) is 2. The Kier molecular flexibility index (Phi) is 5.23. The number of carbonyl (C=O) groups excluding carboxylic acids is 1. The highest BCUT2D eigenvalue weighted by Gasteiger charge is 2.17. The predicted octanol–water partition coefficient (Wildman–Crippen LogP) is 2.05. The molecule has 0 fully saturated rings. The fraction of sp³-hybridized carbons (Fsp3) is 0.462. The highest BCUT2D eigenvalue weighted by Crippen LogP contribution is 2.17. The van der Waals surface area contributed by atoms with Crippen LogP contribution in [0.4, 0.5) is 13.6 Å². The number of likely N-dealkylation sites (N-methyl/N-ethyl adjacent to an activating group) is 1. The zero-order valence-electron chi connectivity index (χ0n) is 11.2. The van der Waals surface area contributed by atoms with E-state index in [0.717, 1.165) is 12.1 Å². The van der Waals surface area contributed by atoms with Crippen molar-refractivity contribution in [2.45, 2.75) is 26.0 Å². The smallest absolute Gasteiger partial charge is 0.317 e. The topological polar surface area (TPSA) is 52.6 Å². The first-order chi connectivity index (χ1) is 8.81. The summed E-state index contributed by atoms with van der Waals surface area (Å²) in [5, 5.41) is 11.7. The third kappa shape index (κ3) is 4.48. The van der Waals surface area contributed by atoms with Crippen LogP contribution in [0.1, 0.15) is 25.5 Å². The normalized spacial score (nSPS) is 13.8. The second-order valence-corrected chi connectivity index (χ2v) is 4.57. The summed E-state index contributed by atoms with van der Waals surface area (Å²) in [7, 11) is 1.52. The van der Waals surface area contributed by atoms with E-state index < -0.39 is 29.8 Å². The molecule has 2 unspecified atom stereocenters. The zero-order chi connectivity index (χ0) is 14.6. The van der Waals surface area contributed by atoms with Gasteiger partial charge < -0.3 is 15.3 Å². The van der Waals surface area contributed by atoms with Crippen LogP contribution in [-0.4, -0.2) is 35.7 Å². The molecule has 2 amide bonds. The van der Waals surface area contributed by atoms with Gasteiger partial charge in [-0.25, -0.2) is 13.6 Å². The molecular formula is C13H18F2N2O2. The van der Waals surface area contributed by atoms with E-state index in [1.54, 1.807) is 13.8 Å². The Labute approximate surface area is 111 Å². The lowest BCUT2D eigenvalue weighted by atomic mass is 10.1. The van der Waals surface area contributed by atoms with Crippen LogP contribution in [0.2, 0.25) is 0 Å². The largest absolute Gasteiger partial charge is 0.392 e. The van der Waals surface area contributed by atoms with Crippen molar-refractivity contribution < 1.29 is 18.7 Å². The number of nitrogens with one attached hydrogen (secondary N) is 1. The fourth-order valence-electron chi connectivity index (χ4n) is 1.71. The van der Waals surface area contributed by atoms with E-state index in [2.05, 4.69) is 5.32 Å². The van der Waals surface area contributed by atoms with E-state index in [1.165, 1.54) is 18.0 Å². The second kappa shape index (κ2) is 6.47. The van der Waals surface area contributed by atoms with Gasteiger partial charge in [0.05, 0.1) is 12.1 Å². The molecule has 106 valence electrons. The molecule has 0 aliphatic heterocycles. The first-order valence-corrected chi connectivity index (χ1v) is 5.96. The van der Waals surface area contributed by atoms with Gasteiger partial charge in [-0.05, 0) is 19.9 Å². The summed E-state index contributed by atoms with van der Waals surface area (Å²) in [5.74, 6) is -1.36. The van der Waals surface area contributed by atoms with E-state index in [-0.39, 0.29) is 12.1 Å². The van der Waals surface area contributed by atoms with Crippen LogP contribution in [0, 0.1) is 11.6 Å². The molecule has 2 atom stereocenters. The van der Waals surface area contributed by atoms with Gasteiger partial charge in [0.15, 0.2) is 0 Å². The Morgan fingerprint density at radius 2 is 2.05 bits per heavy atom. The Morgan fingerprint density at radius 3 is 2.58 bits per heavy atom. The molecule has 0 bridgehead atoms. The van der Waals surface area contributed by atoms with Crippen molar-refractivity contribution in [1.82, 2.24) is 10.2 Å². The summed E-state index contributed by atoms with van der Waals surface area (Å²) in [6.45, 7) is 3.34. The predicted molar refractivity (Wildman–Crippen MR) is 67.6 cm³/mol. The molecule has 0 aromatic heterocycles. The number of nitrogens with zero attached hydrogens (tertiary/aromatic N) is 1. The van der Waals surface area contributed by atoms with Crippen LogP contribution in [0.25, 0.3) is 0 Å². The van der Waals surface area contributed by atoms with Gasteiger partial charge in [-0.15, -0.1) is 0 Å². The average molecular weight is 272 g/mol. The number of amides is 2. The maximum atomic E-state index is 13.5.